The number of aliphatic hydroxyl groups excluding tert-OH is 5. The molecule has 1 aliphatic rings. The quantitative estimate of drug-likeness (QED) is 0.0173. The maximum atomic E-state index is 13.2. The molecule has 66 heavy (non-hydrogen) atoms. The summed E-state index contributed by atoms with van der Waals surface area (Å²) in [6.07, 6.45) is 39.4. The Hall–Kier alpha value is -1.72. The van der Waals surface area contributed by atoms with E-state index < -0.39 is 78.5 Å². The molecule has 1 fully saturated rings. The normalized spacial score (nSPS) is 20.8. The zero-order valence-corrected chi connectivity index (χ0v) is 42.2. The van der Waals surface area contributed by atoms with Crippen molar-refractivity contribution in [3.8, 4) is 0 Å². The van der Waals surface area contributed by atoms with Gasteiger partial charge in [-0.2, -0.15) is 8.42 Å². The van der Waals surface area contributed by atoms with Crippen molar-refractivity contribution in [1.29, 1.82) is 0 Å². The predicted molar refractivity (Wildman–Crippen MR) is 265 cm³/mol. The average molecular weight is 960 g/mol. The summed E-state index contributed by atoms with van der Waals surface area (Å²) < 4.78 is 47.6. The third-order valence-corrected chi connectivity index (χ3v) is 13.0. The van der Waals surface area contributed by atoms with Gasteiger partial charge in [-0.3, -0.25) is 9.35 Å². The highest BCUT2D eigenvalue weighted by Crippen LogP contribution is 2.26. The smallest absolute Gasteiger partial charge is 0.394 e. The highest BCUT2D eigenvalue weighted by Gasteiger charge is 2.48. The molecule has 8 unspecified atom stereocenters. The van der Waals surface area contributed by atoms with Crippen LogP contribution in [0.5, 0.6) is 0 Å². The lowest BCUT2D eigenvalue weighted by Crippen LogP contribution is -2.61. The summed E-state index contributed by atoms with van der Waals surface area (Å²) in [4.78, 5) is 13.2. The molecule has 1 amide bonds. The second-order valence-electron chi connectivity index (χ2n) is 18.6. The summed E-state index contributed by atoms with van der Waals surface area (Å²) in [6.45, 7) is 3.22. The summed E-state index contributed by atoms with van der Waals surface area (Å²) in [5.74, 6) is -0.713. The van der Waals surface area contributed by atoms with Crippen LogP contribution in [0.2, 0.25) is 0 Å². The van der Waals surface area contributed by atoms with Crippen molar-refractivity contribution in [2.45, 2.75) is 275 Å². The lowest BCUT2D eigenvalue weighted by atomic mass is 9.99. The fourth-order valence-corrected chi connectivity index (χ4v) is 8.83. The molecular weight excluding hydrogens is 863 g/mol. The van der Waals surface area contributed by atoms with Crippen LogP contribution in [0.3, 0.4) is 0 Å². The third kappa shape index (κ3) is 33.7. The zero-order chi connectivity index (χ0) is 48.5. The first kappa shape index (κ1) is 62.3. The summed E-state index contributed by atoms with van der Waals surface area (Å²) in [5.41, 5.74) is 0. The molecule has 1 aliphatic heterocycles. The number of hydrogen-bond donors (Lipinski definition) is 7. The van der Waals surface area contributed by atoms with Gasteiger partial charge in [-0.25, -0.2) is 4.18 Å². The monoisotopic (exact) mass is 960 g/mol. The van der Waals surface area contributed by atoms with Gasteiger partial charge in [-0.05, 0) is 44.9 Å². The fraction of sp³-hybridized carbons (Fsp3) is 0.865. The van der Waals surface area contributed by atoms with Gasteiger partial charge < -0.3 is 40.3 Å². The number of unbranched alkanes of at least 4 members (excludes halogenated alkanes) is 28. The van der Waals surface area contributed by atoms with Crippen LogP contribution in [-0.2, 0) is 28.9 Å². The molecule has 14 heteroatoms. The topological polar surface area (TPSA) is 212 Å². The molecule has 0 spiro atoms. The Bertz CT molecular complexity index is 1330. The Kier molecular flexibility index (Phi) is 39.8. The van der Waals surface area contributed by atoms with Crippen molar-refractivity contribution < 1.29 is 57.0 Å². The number of aliphatic hydroxyl groups is 5. The van der Waals surface area contributed by atoms with E-state index >= 15 is 0 Å². The van der Waals surface area contributed by atoms with Crippen molar-refractivity contribution in [2.75, 3.05) is 13.2 Å². The summed E-state index contributed by atoms with van der Waals surface area (Å²) in [6, 6.07) is -1.14. The van der Waals surface area contributed by atoms with E-state index in [4.69, 9.17) is 9.47 Å². The van der Waals surface area contributed by atoms with E-state index in [1.165, 1.54) is 154 Å². The van der Waals surface area contributed by atoms with Crippen molar-refractivity contribution >= 4 is 16.3 Å². The van der Waals surface area contributed by atoms with Gasteiger partial charge in [-0.15, -0.1) is 0 Å². The first-order chi connectivity index (χ1) is 31.9. The third-order valence-electron chi connectivity index (χ3n) is 12.5. The van der Waals surface area contributed by atoms with E-state index in [-0.39, 0.29) is 6.42 Å². The van der Waals surface area contributed by atoms with Crippen LogP contribution in [-0.4, -0.2) is 107 Å². The fourth-order valence-electron chi connectivity index (χ4n) is 8.32. The maximum Gasteiger partial charge on any atom is 0.397 e. The van der Waals surface area contributed by atoms with Crippen molar-refractivity contribution in [3.63, 3.8) is 0 Å². The summed E-state index contributed by atoms with van der Waals surface area (Å²) in [5, 5.41) is 55.4. The van der Waals surface area contributed by atoms with E-state index in [2.05, 4.69) is 47.7 Å². The Labute approximate surface area is 401 Å². The standard InChI is InChI=1S/C52H97NO12S/c1-3-5-7-9-11-13-15-17-19-21-23-25-26-28-30-32-34-36-38-40-45(55)44(43-63-52-49(58)50(65-66(60,61)62)48(57)47(42-54)64-52)53-51(59)46(56)41-39-37-35-33-31-29-27-24-22-20-18-16-14-12-10-8-6-4-2/h23,25,30,32,38,40,44-50,52,54-58H,3-22,24,26-29,31,33-37,39,41-43H2,1-2H3,(H,53,59)(H,60,61,62)/b25-23+,32-30+,40-38+. The second kappa shape index (κ2) is 42.2. The largest absolute Gasteiger partial charge is 0.397 e. The van der Waals surface area contributed by atoms with Gasteiger partial charge in [0.2, 0.25) is 5.91 Å². The van der Waals surface area contributed by atoms with E-state index in [9.17, 15) is 43.3 Å². The first-order valence-electron chi connectivity index (χ1n) is 26.5. The number of nitrogens with one attached hydrogen (secondary N) is 1. The van der Waals surface area contributed by atoms with E-state index in [1.54, 1.807) is 6.08 Å². The molecule has 8 atom stereocenters. The summed E-state index contributed by atoms with van der Waals surface area (Å²) in [7, 11) is -5.13. The molecule has 1 rings (SSSR count). The molecule has 0 bridgehead atoms. The number of rotatable bonds is 45. The SMILES string of the molecule is CCCCCCCCCCC/C=C/CC/C=C/CC/C=C/C(O)C(COC1OC(CO)C(O)C(OS(=O)(=O)O)C1O)NC(=O)C(O)CCCCCCCCCCCCCCCCCCCC. The minimum atomic E-state index is -5.13. The van der Waals surface area contributed by atoms with E-state index in [0.717, 1.165) is 44.9 Å². The maximum absolute atomic E-state index is 13.2. The van der Waals surface area contributed by atoms with Gasteiger partial charge in [0, 0.05) is 0 Å². The lowest BCUT2D eigenvalue weighted by Gasteiger charge is -2.41. The number of amides is 1. The van der Waals surface area contributed by atoms with Crippen molar-refractivity contribution in [3.05, 3.63) is 36.5 Å². The highest BCUT2D eigenvalue weighted by molar-refractivity contribution is 7.80. The molecule has 7 N–H and O–H groups in total. The molecule has 0 radical (unpaired) electrons. The van der Waals surface area contributed by atoms with E-state index in [1.807, 2.05) is 0 Å². The Morgan fingerprint density at radius 2 is 1.02 bits per heavy atom. The van der Waals surface area contributed by atoms with Gasteiger partial charge in [0.1, 0.15) is 30.5 Å². The number of hydrogen-bond acceptors (Lipinski definition) is 11. The van der Waals surface area contributed by atoms with Gasteiger partial charge in [-0.1, -0.05) is 217 Å². The van der Waals surface area contributed by atoms with Gasteiger partial charge in [0.05, 0.1) is 25.4 Å². The number of ether oxygens (including phenoxy) is 2. The molecule has 0 aromatic carbocycles. The Morgan fingerprint density at radius 1 is 0.606 bits per heavy atom. The Balaban J connectivity index is 2.54. The predicted octanol–water partition coefficient (Wildman–Crippen LogP) is 10.4. The number of carbonyl (C=O) groups excluding carboxylic acids is 1. The van der Waals surface area contributed by atoms with Gasteiger partial charge in [0.15, 0.2) is 6.29 Å². The highest BCUT2D eigenvalue weighted by atomic mass is 32.3. The van der Waals surface area contributed by atoms with Gasteiger partial charge >= 0.3 is 10.4 Å². The second-order valence-corrected chi connectivity index (χ2v) is 19.6. The minimum absolute atomic E-state index is 0.237. The van der Waals surface area contributed by atoms with Crippen LogP contribution in [0.1, 0.15) is 226 Å². The van der Waals surface area contributed by atoms with Crippen LogP contribution in [0, 0.1) is 0 Å². The molecule has 0 aliphatic carbocycles. The average Bonchev–Trinajstić information content (AvgIpc) is 3.29. The van der Waals surface area contributed by atoms with Crippen LogP contribution in [0.4, 0.5) is 0 Å². The molecule has 1 saturated heterocycles. The van der Waals surface area contributed by atoms with Crippen LogP contribution < -0.4 is 5.32 Å². The minimum Gasteiger partial charge on any atom is -0.394 e. The molecule has 1 heterocycles. The zero-order valence-electron chi connectivity index (χ0n) is 41.4. The molecule has 0 aromatic rings. The van der Waals surface area contributed by atoms with Crippen molar-refractivity contribution in [1.82, 2.24) is 5.32 Å². The first-order valence-corrected chi connectivity index (χ1v) is 27.8. The van der Waals surface area contributed by atoms with Crippen molar-refractivity contribution in [2.24, 2.45) is 0 Å². The van der Waals surface area contributed by atoms with Gasteiger partial charge in [0.25, 0.3) is 0 Å². The number of carbonyl (C=O) groups is 1. The van der Waals surface area contributed by atoms with Crippen LogP contribution >= 0.6 is 0 Å². The molecular formula is C52H97NO12S. The number of allylic oxidation sites excluding steroid dienone is 5. The molecule has 0 aromatic heterocycles. The summed E-state index contributed by atoms with van der Waals surface area (Å²) >= 11 is 0. The molecule has 0 saturated carbocycles. The Morgan fingerprint density at radius 3 is 1.45 bits per heavy atom. The van der Waals surface area contributed by atoms with E-state index in [0.29, 0.717) is 12.8 Å². The molecule has 388 valence electrons. The van der Waals surface area contributed by atoms with Crippen LogP contribution in [0.15, 0.2) is 36.5 Å². The lowest BCUT2D eigenvalue weighted by molar-refractivity contribution is -0.298. The van der Waals surface area contributed by atoms with Crippen LogP contribution in [0.25, 0.3) is 0 Å². The molecule has 13 nitrogen and oxygen atoms in total.